The van der Waals surface area contributed by atoms with Gasteiger partial charge in [-0.05, 0) is 60.3 Å². The van der Waals surface area contributed by atoms with Crippen LogP contribution in [0.25, 0.3) is 0 Å². The average molecular weight is 332 g/mol. The third-order valence-corrected chi connectivity index (χ3v) is 5.68. The molecule has 0 radical (unpaired) electrons. The van der Waals surface area contributed by atoms with E-state index in [0.717, 1.165) is 18.3 Å². The molecule has 1 aromatic carbocycles. The van der Waals surface area contributed by atoms with E-state index in [1.54, 1.807) is 0 Å². The summed E-state index contributed by atoms with van der Waals surface area (Å²) in [7, 11) is 0. The van der Waals surface area contributed by atoms with Crippen LogP contribution in [0, 0.1) is 5.41 Å². The van der Waals surface area contributed by atoms with E-state index in [4.69, 9.17) is 0 Å². The number of allylic oxidation sites excluding steroid dienone is 8. The molecule has 3 rings (SSSR count). The number of hydrogen-bond donors (Lipinski definition) is 0. The third kappa shape index (κ3) is 3.92. The van der Waals surface area contributed by atoms with Gasteiger partial charge in [0.1, 0.15) is 6.29 Å². The van der Waals surface area contributed by atoms with E-state index < -0.39 is 0 Å². The van der Waals surface area contributed by atoms with Crippen LogP contribution in [0.4, 0.5) is 0 Å². The summed E-state index contributed by atoms with van der Waals surface area (Å²) in [4.78, 5) is 11.5. The fourth-order valence-electron chi connectivity index (χ4n) is 4.18. The zero-order valence-electron chi connectivity index (χ0n) is 15.6. The molecule has 1 heteroatoms. The quantitative estimate of drug-likeness (QED) is 0.591. The normalized spacial score (nSPS) is 23.4. The number of hydrogen-bond acceptors (Lipinski definition) is 1. The van der Waals surface area contributed by atoms with Gasteiger partial charge in [0, 0.05) is 5.92 Å². The predicted molar refractivity (Wildman–Crippen MR) is 106 cm³/mol. The molecule has 0 bridgehead atoms. The van der Waals surface area contributed by atoms with Crippen molar-refractivity contribution in [3.63, 3.8) is 0 Å². The summed E-state index contributed by atoms with van der Waals surface area (Å²) in [6, 6.07) is 10.3. The minimum absolute atomic E-state index is 0.165. The van der Waals surface area contributed by atoms with Crippen LogP contribution in [0.1, 0.15) is 57.9 Å². The van der Waals surface area contributed by atoms with Crippen LogP contribution in [-0.2, 0) is 4.79 Å². The van der Waals surface area contributed by atoms with Crippen LogP contribution < -0.4 is 0 Å². The summed E-state index contributed by atoms with van der Waals surface area (Å²) < 4.78 is 0. The fourth-order valence-corrected chi connectivity index (χ4v) is 4.18. The molecule has 0 fully saturated rings. The van der Waals surface area contributed by atoms with E-state index in [2.05, 4.69) is 51.1 Å². The number of carbonyl (C=O) groups is 1. The smallest absolute Gasteiger partial charge is 0.146 e. The highest BCUT2D eigenvalue weighted by Crippen LogP contribution is 2.41. The Kier molecular flexibility index (Phi) is 5.22. The monoisotopic (exact) mass is 332 g/mol. The van der Waals surface area contributed by atoms with Crippen molar-refractivity contribution in [2.75, 3.05) is 0 Å². The highest BCUT2D eigenvalue weighted by molar-refractivity contribution is 5.77. The first-order chi connectivity index (χ1) is 12.0. The molecule has 2 aliphatic carbocycles. The van der Waals surface area contributed by atoms with Crippen molar-refractivity contribution < 1.29 is 4.79 Å². The maximum atomic E-state index is 11.5. The second-order valence-corrected chi connectivity index (χ2v) is 7.96. The number of aldehydes is 1. The van der Waals surface area contributed by atoms with Crippen molar-refractivity contribution >= 4 is 6.29 Å². The second-order valence-electron chi connectivity index (χ2n) is 7.96. The molecule has 1 nitrogen and oxygen atoms in total. The summed E-state index contributed by atoms with van der Waals surface area (Å²) in [6.45, 7) is 6.97. The highest BCUT2D eigenvalue weighted by Gasteiger charge is 2.27. The van der Waals surface area contributed by atoms with Gasteiger partial charge in [-0.3, -0.25) is 4.79 Å². The van der Waals surface area contributed by atoms with Crippen molar-refractivity contribution in [1.82, 2.24) is 0 Å². The maximum absolute atomic E-state index is 11.5. The molecule has 0 spiro atoms. The van der Waals surface area contributed by atoms with Crippen LogP contribution in [-0.4, -0.2) is 6.29 Å². The SMILES string of the molecule is CC1=C(C=CC2=CC=C(C=O)C(c3ccccc3)C2)C(C)(C)CCC1. The van der Waals surface area contributed by atoms with Gasteiger partial charge in [-0.25, -0.2) is 0 Å². The van der Waals surface area contributed by atoms with E-state index in [9.17, 15) is 4.79 Å². The standard InChI is InChI=1S/C24H28O/c1-18-8-7-15-24(2,3)23(18)14-12-19-11-13-21(17-25)22(16-19)20-9-5-4-6-10-20/h4-6,9-14,17,22H,7-8,15-16H2,1-3H3. The summed E-state index contributed by atoms with van der Waals surface area (Å²) >= 11 is 0. The lowest BCUT2D eigenvalue weighted by atomic mass is 9.72. The van der Waals surface area contributed by atoms with Crippen molar-refractivity contribution in [1.29, 1.82) is 0 Å². The zero-order valence-corrected chi connectivity index (χ0v) is 15.6. The number of rotatable bonds is 4. The first kappa shape index (κ1) is 17.7. The Morgan fingerprint density at radius 3 is 2.52 bits per heavy atom. The van der Waals surface area contributed by atoms with Gasteiger partial charge in [-0.15, -0.1) is 0 Å². The third-order valence-electron chi connectivity index (χ3n) is 5.68. The lowest BCUT2D eigenvalue weighted by Gasteiger charge is -2.33. The van der Waals surface area contributed by atoms with Gasteiger partial charge in [0.2, 0.25) is 0 Å². The highest BCUT2D eigenvalue weighted by atomic mass is 16.1. The van der Waals surface area contributed by atoms with E-state index in [1.807, 2.05) is 24.3 Å². The van der Waals surface area contributed by atoms with Crippen molar-refractivity contribution in [2.45, 2.75) is 52.4 Å². The summed E-state index contributed by atoms with van der Waals surface area (Å²) in [5.41, 5.74) is 6.65. The molecule has 0 N–H and O–H groups in total. The van der Waals surface area contributed by atoms with Gasteiger partial charge in [0.05, 0.1) is 0 Å². The molecule has 0 aliphatic heterocycles. The molecule has 0 saturated heterocycles. The minimum Gasteiger partial charge on any atom is -0.298 e. The Morgan fingerprint density at radius 1 is 1.08 bits per heavy atom. The van der Waals surface area contributed by atoms with Crippen LogP contribution >= 0.6 is 0 Å². The van der Waals surface area contributed by atoms with Gasteiger partial charge in [-0.2, -0.15) is 0 Å². The first-order valence-corrected chi connectivity index (χ1v) is 9.30. The van der Waals surface area contributed by atoms with E-state index >= 15 is 0 Å². The predicted octanol–water partition coefficient (Wildman–Crippen LogP) is 6.31. The molecule has 1 unspecified atom stereocenters. The van der Waals surface area contributed by atoms with Gasteiger partial charge in [0.25, 0.3) is 0 Å². The maximum Gasteiger partial charge on any atom is 0.146 e. The first-order valence-electron chi connectivity index (χ1n) is 9.30. The van der Waals surface area contributed by atoms with Gasteiger partial charge < -0.3 is 0 Å². The average Bonchev–Trinajstić information content (AvgIpc) is 2.61. The molecule has 0 heterocycles. The van der Waals surface area contributed by atoms with Crippen LogP contribution in [0.3, 0.4) is 0 Å². The Morgan fingerprint density at radius 2 is 1.84 bits per heavy atom. The van der Waals surface area contributed by atoms with Gasteiger partial charge >= 0.3 is 0 Å². The fraction of sp³-hybridized carbons (Fsp3) is 0.375. The summed E-state index contributed by atoms with van der Waals surface area (Å²) in [6.07, 6.45) is 14.3. The Bertz CT molecular complexity index is 757. The van der Waals surface area contributed by atoms with Gasteiger partial charge in [0.15, 0.2) is 0 Å². The zero-order chi connectivity index (χ0) is 17.9. The molecule has 25 heavy (non-hydrogen) atoms. The number of carbonyl (C=O) groups excluding carboxylic acids is 1. The molecule has 1 aromatic rings. The molecule has 0 aromatic heterocycles. The van der Waals surface area contributed by atoms with Crippen LogP contribution in [0.15, 0.2) is 76.9 Å². The lowest BCUT2D eigenvalue weighted by Crippen LogP contribution is -2.19. The lowest BCUT2D eigenvalue weighted by molar-refractivity contribution is -0.105. The minimum atomic E-state index is 0.165. The molecule has 0 saturated carbocycles. The Balaban J connectivity index is 1.85. The molecule has 1 atom stereocenters. The van der Waals surface area contributed by atoms with Gasteiger partial charge in [-0.1, -0.05) is 74.1 Å². The largest absolute Gasteiger partial charge is 0.298 e. The molecule has 0 amide bonds. The second kappa shape index (κ2) is 7.39. The van der Waals surface area contributed by atoms with Crippen molar-refractivity contribution in [3.8, 4) is 0 Å². The Labute approximate surface area is 151 Å². The molecule has 130 valence electrons. The van der Waals surface area contributed by atoms with Crippen molar-refractivity contribution in [2.24, 2.45) is 5.41 Å². The van der Waals surface area contributed by atoms with Crippen molar-refractivity contribution in [3.05, 3.63) is 82.5 Å². The summed E-state index contributed by atoms with van der Waals surface area (Å²) in [5.74, 6) is 0.165. The number of benzene rings is 1. The van der Waals surface area contributed by atoms with E-state index in [1.165, 1.54) is 41.5 Å². The molecule has 2 aliphatic rings. The molecular weight excluding hydrogens is 304 g/mol. The molecular formula is C24H28O. The van der Waals surface area contributed by atoms with E-state index in [0.29, 0.717) is 0 Å². The van der Waals surface area contributed by atoms with Crippen LogP contribution in [0.2, 0.25) is 0 Å². The van der Waals surface area contributed by atoms with E-state index in [-0.39, 0.29) is 11.3 Å². The van der Waals surface area contributed by atoms with Crippen LogP contribution in [0.5, 0.6) is 0 Å². The summed E-state index contributed by atoms with van der Waals surface area (Å²) in [5, 5.41) is 0. The Hall–Kier alpha value is -2.15. The topological polar surface area (TPSA) is 17.1 Å².